The van der Waals surface area contributed by atoms with Gasteiger partial charge in [0.1, 0.15) is 0 Å². The molecular weight excluding hydrogens is 237 g/mol. The van der Waals surface area contributed by atoms with Crippen LogP contribution >= 0.6 is 15.9 Å². The van der Waals surface area contributed by atoms with Gasteiger partial charge in [-0.3, -0.25) is 4.79 Å². The van der Waals surface area contributed by atoms with Gasteiger partial charge in [0.05, 0.1) is 0 Å². The lowest BCUT2D eigenvalue weighted by Crippen LogP contribution is -2.26. The van der Waals surface area contributed by atoms with Crippen LogP contribution in [0.5, 0.6) is 0 Å². The summed E-state index contributed by atoms with van der Waals surface area (Å²) in [6.45, 7) is 0. The van der Waals surface area contributed by atoms with Gasteiger partial charge in [0.2, 0.25) is 0 Å². The zero-order chi connectivity index (χ0) is 9.84. The van der Waals surface area contributed by atoms with E-state index in [4.69, 9.17) is 5.73 Å². The second-order valence-corrected chi connectivity index (χ2v) is 3.62. The van der Waals surface area contributed by atoms with Crippen molar-refractivity contribution < 1.29 is 9.18 Å². The highest BCUT2D eigenvalue weighted by atomic mass is 79.9. The second kappa shape index (κ2) is 4.37. The Morgan fingerprint density at radius 1 is 1.46 bits per heavy atom. The minimum atomic E-state index is -1.60. The van der Waals surface area contributed by atoms with E-state index in [2.05, 4.69) is 15.9 Å². The maximum absolute atomic E-state index is 12.8. The molecule has 0 radical (unpaired) electrons. The van der Waals surface area contributed by atoms with Crippen LogP contribution in [0, 0.1) is 0 Å². The number of primary amides is 1. The molecule has 0 saturated heterocycles. The first-order valence-corrected chi connectivity index (χ1v) is 4.56. The third kappa shape index (κ3) is 3.14. The zero-order valence-electron chi connectivity index (χ0n) is 6.84. The monoisotopic (exact) mass is 245 g/mol. The fourth-order valence-corrected chi connectivity index (χ4v) is 1.19. The molecule has 0 aliphatic heterocycles. The van der Waals surface area contributed by atoms with Crippen LogP contribution in [0.4, 0.5) is 4.39 Å². The van der Waals surface area contributed by atoms with Crippen LogP contribution in [0.25, 0.3) is 0 Å². The van der Waals surface area contributed by atoms with Gasteiger partial charge in [-0.2, -0.15) is 0 Å². The number of alkyl halides is 1. The average Bonchev–Trinajstić information content (AvgIpc) is 2.08. The molecule has 13 heavy (non-hydrogen) atoms. The largest absolute Gasteiger partial charge is 0.367 e. The quantitative estimate of drug-likeness (QED) is 0.868. The number of hydrogen-bond donors (Lipinski definition) is 1. The van der Waals surface area contributed by atoms with E-state index in [1.807, 2.05) is 0 Å². The molecule has 70 valence electrons. The lowest BCUT2D eigenvalue weighted by Gasteiger charge is -2.03. The Morgan fingerprint density at radius 3 is 2.46 bits per heavy atom. The predicted octanol–water partition coefficient (Wildman–Crippen LogP) is 1.82. The van der Waals surface area contributed by atoms with Crippen LogP contribution < -0.4 is 5.73 Å². The van der Waals surface area contributed by atoms with Gasteiger partial charge < -0.3 is 5.73 Å². The minimum Gasteiger partial charge on any atom is -0.367 e. The number of carbonyl (C=O) groups excluding carboxylic acids is 1. The molecule has 2 N–H and O–H groups in total. The molecule has 1 aromatic carbocycles. The summed E-state index contributed by atoms with van der Waals surface area (Å²) in [4.78, 5) is 10.4. The maximum atomic E-state index is 12.8. The molecule has 0 bridgehead atoms. The van der Waals surface area contributed by atoms with E-state index in [1.54, 1.807) is 24.3 Å². The topological polar surface area (TPSA) is 43.1 Å². The van der Waals surface area contributed by atoms with Crippen molar-refractivity contribution in [1.29, 1.82) is 0 Å². The molecular formula is C9H9BrFNO. The van der Waals surface area contributed by atoms with Crippen LogP contribution in [-0.4, -0.2) is 12.1 Å². The van der Waals surface area contributed by atoms with Crippen LogP contribution in [0.1, 0.15) is 5.56 Å². The van der Waals surface area contributed by atoms with Crippen LogP contribution in [-0.2, 0) is 11.2 Å². The summed E-state index contributed by atoms with van der Waals surface area (Å²) in [5.74, 6) is -0.914. The fourth-order valence-electron chi connectivity index (χ4n) is 0.928. The number of nitrogens with two attached hydrogens (primary N) is 1. The molecule has 0 saturated carbocycles. The number of carbonyl (C=O) groups is 1. The van der Waals surface area contributed by atoms with E-state index in [-0.39, 0.29) is 6.42 Å². The molecule has 1 amide bonds. The molecule has 1 atom stereocenters. The summed E-state index contributed by atoms with van der Waals surface area (Å²) in [5.41, 5.74) is 5.55. The van der Waals surface area contributed by atoms with Gasteiger partial charge in [-0.1, -0.05) is 28.1 Å². The highest BCUT2D eigenvalue weighted by Gasteiger charge is 2.13. The van der Waals surface area contributed by atoms with Crippen molar-refractivity contribution in [2.24, 2.45) is 5.73 Å². The Balaban J connectivity index is 2.64. The number of rotatable bonds is 3. The third-order valence-electron chi connectivity index (χ3n) is 1.64. The van der Waals surface area contributed by atoms with Crippen LogP contribution in [0.3, 0.4) is 0 Å². The first kappa shape index (κ1) is 10.2. The van der Waals surface area contributed by atoms with E-state index in [9.17, 15) is 9.18 Å². The standard InChI is InChI=1S/C9H9BrFNO/c10-7-3-1-6(2-4-7)5-8(11)9(12)13/h1-4,8H,5H2,(H2,12,13). The molecule has 1 unspecified atom stereocenters. The van der Waals surface area contributed by atoms with E-state index in [0.717, 1.165) is 10.0 Å². The van der Waals surface area contributed by atoms with E-state index in [1.165, 1.54) is 0 Å². The van der Waals surface area contributed by atoms with Gasteiger partial charge in [-0.05, 0) is 17.7 Å². The molecule has 0 aliphatic carbocycles. The van der Waals surface area contributed by atoms with E-state index >= 15 is 0 Å². The zero-order valence-corrected chi connectivity index (χ0v) is 8.42. The number of hydrogen-bond acceptors (Lipinski definition) is 1. The molecule has 0 fully saturated rings. The van der Waals surface area contributed by atoms with E-state index in [0.29, 0.717) is 0 Å². The van der Waals surface area contributed by atoms with Gasteiger partial charge in [0.15, 0.2) is 6.17 Å². The Labute approximate surface area is 84.1 Å². The molecule has 0 spiro atoms. The summed E-state index contributed by atoms with van der Waals surface area (Å²) in [7, 11) is 0. The van der Waals surface area contributed by atoms with Crippen molar-refractivity contribution in [2.75, 3.05) is 0 Å². The number of halogens is 2. The van der Waals surface area contributed by atoms with Crippen LogP contribution in [0.15, 0.2) is 28.7 Å². The molecule has 0 aromatic heterocycles. The second-order valence-electron chi connectivity index (χ2n) is 2.70. The van der Waals surface area contributed by atoms with Crippen molar-refractivity contribution in [3.8, 4) is 0 Å². The molecule has 1 aromatic rings. The summed E-state index contributed by atoms with van der Waals surface area (Å²) < 4.78 is 13.7. The molecule has 4 heteroatoms. The molecule has 2 nitrogen and oxygen atoms in total. The molecule has 1 rings (SSSR count). The van der Waals surface area contributed by atoms with Crippen molar-refractivity contribution in [2.45, 2.75) is 12.6 Å². The Morgan fingerprint density at radius 2 is 2.00 bits per heavy atom. The Kier molecular flexibility index (Phi) is 3.42. The SMILES string of the molecule is NC(=O)C(F)Cc1ccc(Br)cc1. The Bertz CT molecular complexity index is 299. The van der Waals surface area contributed by atoms with Gasteiger partial charge in [-0.15, -0.1) is 0 Å². The predicted molar refractivity (Wildman–Crippen MR) is 51.9 cm³/mol. The van der Waals surface area contributed by atoms with Gasteiger partial charge in [-0.25, -0.2) is 4.39 Å². The fraction of sp³-hybridized carbons (Fsp3) is 0.222. The molecule has 0 aliphatic rings. The first-order chi connectivity index (χ1) is 6.09. The highest BCUT2D eigenvalue weighted by Crippen LogP contribution is 2.12. The summed E-state index contributed by atoms with van der Waals surface area (Å²) >= 11 is 3.26. The van der Waals surface area contributed by atoms with E-state index < -0.39 is 12.1 Å². The third-order valence-corrected chi connectivity index (χ3v) is 2.17. The molecule has 0 heterocycles. The highest BCUT2D eigenvalue weighted by molar-refractivity contribution is 9.10. The van der Waals surface area contributed by atoms with Crippen molar-refractivity contribution in [3.05, 3.63) is 34.3 Å². The van der Waals surface area contributed by atoms with Gasteiger partial charge in [0, 0.05) is 10.9 Å². The lowest BCUT2D eigenvalue weighted by molar-refractivity contribution is -0.122. The van der Waals surface area contributed by atoms with Gasteiger partial charge >= 0.3 is 0 Å². The van der Waals surface area contributed by atoms with Crippen molar-refractivity contribution in [1.82, 2.24) is 0 Å². The number of amides is 1. The summed E-state index contributed by atoms with van der Waals surface area (Å²) in [6, 6.07) is 7.09. The van der Waals surface area contributed by atoms with Crippen molar-refractivity contribution >= 4 is 21.8 Å². The normalized spacial score (nSPS) is 12.5. The van der Waals surface area contributed by atoms with Crippen molar-refractivity contribution in [3.63, 3.8) is 0 Å². The van der Waals surface area contributed by atoms with Crippen LogP contribution in [0.2, 0.25) is 0 Å². The van der Waals surface area contributed by atoms with Gasteiger partial charge in [0.25, 0.3) is 5.91 Å². The first-order valence-electron chi connectivity index (χ1n) is 3.77. The lowest BCUT2D eigenvalue weighted by atomic mass is 10.1. The summed E-state index contributed by atoms with van der Waals surface area (Å²) in [6.07, 6.45) is -1.55. The summed E-state index contributed by atoms with van der Waals surface area (Å²) in [5, 5.41) is 0. The number of benzene rings is 1. The Hall–Kier alpha value is -0.900. The minimum absolute atomic E-state index is 0.0443. The maximum Gasteiger partial charge on any atom is 0.252 e. The smallest absolute Gasteiger partial charge is 0.252 e. The average molecular weight is 246 g/mol.